The van der Waals surface area contributed by atoms with Crippen molar-refractivity contribution < 1.29 is 26.7 Å². The molecule has 3 aromatic rings. The van der Waals surface area contributed by atoms with Gasteiger partial charge in [0.1, 0.15) is 16.7 Å². The lowest BCUT2D eigenvalue weighted by molar-refractivity contribution is 0.0525. The quantitative estimate of drug-likeness (QED) is 0.395. The summed E-state index contributed by atoms with van der Waals surface area (Å²) in [6.07, 6.45) is -0.557. The van der Waals surface area contributed by atoms with Gasteiger partial charge in [0.25, 0.3) is 0 Å². The molecule has 1 aliphatic heterocycles. The summed E-state index contributed by atoms with van der Waals surface area (Å²) in [6.45, 7) is 2.54. The highest BCUT2D eigenvalue weighted by Crippen LogP contribution is 2.30. The zero-order valence-corrected chi connectivity index (χ0v) is 21.3. The zero-order chi connectivity index (χ0) is 25.7. The Labute approximate surface area is 215 Å². The molecular formula is C26H27ClF2N2O4S. The van der Waals surface area contributed by atoms with Crippen LogP contribution in [0.1, 0.15) is 17.2 Å². The first kappa shape index (κ1) is 26.5. The van der Waals surface area contributed by atoms with Crippen LogP contribution < -0.4 is 4.74 Å². The van der Waals surface area contributed by atoms with Gasteiger partial charge in [-0.2, -0.15) is 4.31 Å². The Hall–Kier alpha value is -2.56. The summed E-state index contributed by atoms with van der Waals surface area (Å²) in [5, 5.41) is 0.319. The molecule has 1 aliphatic rings. The number of halogens is 3. The zero-order valence-electron chi connectivity index (χ0n) is 19.7. The third-order valence-electron chi connectivity index (χ3n) is 6.12. The predicted molar refractivity (Wildman–Crippen MR) is 134 cm³/mol. The lowest BCUT2D eigenvalue weighted by atomic mass is 10.0. The van der Waals surface area contributed by atoms with Crippen LogP contribution in [0.5, 0.6) is 5.75 Å². The van der Waals surface area contributed by atoms with Gasteiger partial charge in [0, 0.05) is 37.7 Å². The molecule has 1 fully saturated rings. The number of sulfonamides is 1. The number of hydrogen-bond acceptors (Lipinski definition) is 5. The fourth-order valence-electron chi connectivity index (χ4n) is 4.17. The second-order valence-electron chi connectivity index (χ2n) is 8.38. The van der Waals surface area contributed by atoms with Crippen LogP contribution in [0.4, 0.5) is 8.78 Å². The van der Waals surface area contributed by atoms with E-state index in [-0.39, 0.29) is 10.6 Å². The van der Waals surface area contributed by atoms with E-state index in [2.05, 4.69) is 4.90 Å². The van der Waals surface area contributed by atoms with Crippen LogP contribution >= 0.6 is 11.6 Å². The van der Waals surface area contributed by atoms with Crippen molar-refractivity contribution in [3.63, 3.8) is 0 Å². The molecule has 0 bridgehead atoms. The van der Waals surface area contributed by atoms with E-state index in [1.807, 2.05) is 30.3 Å². The summed E-state index contributed by atoms with van der Waals surface area (Å²) in [5.41, 5.74) is 1.35. The van der Waals surface area contributed by atoms with E-state index in [1.54, 1.807) is 12.1 Å². The van der Waals surface area contributed by atoms with Gasteiger partial charge in [0.15, 0.2) is 11.6 Å². The Balaban J connectivity index is 1.37. The number of nitrogens with zero attached hydrogens (tertiary/aromatic N) is 2. The van der Waals surface area contributed by atoms with Gasteiger partial charge < -0.3 is 9.47 Å². The Bertz CT molecular complexity index is 1290. The van der Waals surface area contributed by atoms with Gasteiger partial charge >= 0.3 is 0 Å². The molecule has 10 heteroatoms. The molecule has 4 rings (SSSR count). The van der Waals surface area contributed by atoms with E-state index in [0.29, 0.717) is 49.9 Å². The fourth-order valence-corrected chi connectivity index (χ4v) is 6.01. The largest absolute Gasteiger partial charge is 0.495 e. The first-order valence-corrected chi connectivity index (χ1v) is 13.3. The molecular weight excluding hydrogens is 510 g/mol. The molecule has 36 heavy (non-hydrogen) atoms. The van der Waals surface area contributed by atoms with E-state index in [1.165, 1.54) is 23.5 Å². The Morgan fingerprint density at radius 3 is 2.31 bits per heavy atom. The summed E-state index contributed by atoms with van der Waals surface area (Å²) in [6, 6.07) is 17.6. The lowest BCUT2D eigenvalue weighted by Crippen LogP contribution is -2.49. The third-order valence-corrected chi connectivity index (χ3v) is 8.27. The van der Waals surface area contributed by atoms with Crippen molar-refractivity contribution in [1.29, 1.82) is 0 Å². The molecule has 1 heterocycles. The molecule has 0 unspecified atom stereocenters. The second-order valence-corrected chi connectivity index (χ2v) is 10.7. The Morgan fingerprint density at radius 1 is 0.917 bits per heavy atom. The smallest absolute Gasteiger partial charge is 0.246 e. The Kier molecular flexibility index (Phi) is 8.58. The van der Waals surface area contributed by atoms with Crippen LogP contribution in [0.25, 0.3) is 0 Å². The molecule has 0 N–H and O–H groups in total. The van der Waals surface area contributed by atoms with Gasteiger partial charge in [-0.15, -0.1) is 0 Å². The van der Waals surface area contributed by atoms with E-state index in [0.717, 1.165) is 17.7 Å². The van der Waals surface area contributed by atoms with Gasteiger partial charge in [0.2, 0.25) is 10.0 Å². The van der Waals surface area contributed by atoms with Crippen molar-refractivity contribution >= 4 is 21.6 Å². The Morgan fingerprint density at radius 2 is 1.64 bits per heavy atom. The monoisotopic (exact) mass is 536 g/mol. The highest BCUT2D eigenvalue weighted by atomic mass is 35.5. The van der Waals surface area contributed by atoms with Crippen LogP contribution in [0.3, 0.4) is 0 Å². The number of hydrogen-bond donors (Lipinski definition) is 0. The highest BCUT2D eigenvalue weighted by Gasteiger charge is 2.31. The molecule has 0 saturated carbocycles. The van der Waals surface area contributed by atoms with Crippen molar-refractivity contribution in [1.82, 2.24) is 9.21 Å². The molecule has 6 nitrogen and oxygen atoms in total. The third kappa shape index (κ3) is 6.04. The summed E-state index contributed by atoms with van der Waals surface area (Å²) in [7, 11) is -2.34. The highest BCUT2D eigenvalue weighted by molar-refractivity contribution is 7.89. The molecule has 0 radical (unpaired) electrons. The average molecular weight is 537 g/mol. The normalized spacial score (nSPS) is 16.1. The summed E-state index contributed by atoms with van der Waals surface area (Å²) in [5.74, 6) is -1.58. The van der Waals surface area contributed by atoms with Gasteiger partial charge in [-0.3, -0.25) is 4.90 Å². The topological polar surface area (TPSA) is 59.1 Å². The van der Waals surface area contributed by atoms with E-state index in [9.17, 15) is 17.2 Å². The molecule has 192 valence electrons. The molecule has 3 aromatic carbocycles. The van der Waals surface area contributed by atoms with Gasteiger partial charge in [-0.05, 0) is 41.5 Å². The molecule has 0 spiro atoms. The second kappa shape index (κ2) is 11.7. The van der Waals surface area contributed by atoms with Crippen molar-refractivity contribution in [3.05, 3.63) is 94.5 Å². The first-order valence-electron chi connectivity index (χ1n) is 11.5. The van der Waals surface area contributed by atoms with Crippen LogP contribution in [0.15, 0.2) is 71.6 Å². The average Bonchev–Trinajstić information content (AvgIpc) is 2.89. The van der Waals surface area contributed by atoms with E-state index in [4.69, 9.17) is 21.1 Å². The van der Waals surface area contributed by atoms with Gasteiger partial charge in [-0.25, -0.2) is 17.2 Å². The molecule has 1 saturated heterocycles. The number of methoxy groups -OCH3 is 1. The maximum Gasteiger partial charge on any atom is 0.246 e. The van der Waals surface area contributed by atoms with Crippen LogP contribution in [-0.2, 0) is 14.8 Å². The fraction of sp³-hybridized carbons (Fsp3) is 0.308. The lowest BCUT2D eigenvalue weighted by Gasteiger charge is -2.34. The molecule has 0 aliphatic carbocycles. The molecule has 1 atom stereocenters. The first-order chi connectivity index (χ1) is 17.3. The summed E-state index contributed by atoms with van der Waals surface area (Å²) < 4.78 is 66.5. The van der Waals surface area contributed by atoms with Crippen molar-refractivity contribution in [3.8, 4) is 5.75 Å². The van der Waals surface area contributed by atoms with Crippen LogP contribution in [-0.4, -0.2) is 64.1 Å². The molecule has 0 aromatic heterocycles. The number of ether oxygens (including phenoxy) is 2. The number of rotatable bonds is 9. The van der Waals surface area contributed by atoms with Gasteiger partial charge in [-0.1, -0.05) is 48.0 Å². The summed E-state index contributed by atoms with van der Waals surface area (Å²) >= 11 is 6.03. The van der Waals surface area contributed by atoms with Crippen molar-refractivity contribution in [2.75, 3.05) is 46.4 Å². The summed E-state index contributed by atoms with van der Waals surface area (Å²) in [4.78, 5) is 2.15. The minimum absolute atomic E-state index is 0.0477. The van der Waals surface area contributed by atoms with Crippen LogP contribution in [0, 0.1) is 11.6 Å². The maximum atomic E-state index is 13.9. The van der Waals surface area contributed by atoms with E-state index < -0.39 is 27.8 Å². The van der Waals surface area contributed by atoms with Gasteiger partial charge in [0.05, 0.1) is 13.7 Å². The van der Waals surface area contributed by atoms with Crippen molar-refractivity contribution in [2.45, 2.75) is 11.0 Å². The standard InChI is InChI=1S/C26H27ClF2N2O4S/c1-34-24-10-8-21(27)18-25(24)36(32,33)31-13-11-30(12-14-31)15-16-35-26(19-5-3-2-4-6-19)20-7-9-22(28)23(29)17-20/h2-10,17-18,26H,11-16H2,1H3/t26-/m1/s1. The minimum atomic E-state index is -3.76. The molecule has 0 amide bonds. The number of benzene rings is 3. The number of piperazine rings is 1. The van der Waals surface area contributed by atoms with E-state index >= 15 is 0 Å². The van der Waals surface area contributed by atoms with Crippen LogP contribution in [0.2, 0.25) is 5.02 Å². The predicted octanol–water partition coefficient (Wildman–Crippen LogP) is 4.74. The van der Waals surface area contributed by atoms with Crippen molar-refractivity contribution in [2.24, 2.45) is 0 Å². The minimum Gasteiger partial charge on any atom is -0.495 e. The maximum absolute atomic E-state index is 13.9. The SMILES string of the molecule is COc1ccc(Cl)cc1S(=O)(=O)N1CCN(CCO[C@H](c2ccccc2)c2ccc(F)c(F)c2)CC1.